The number of primary sulfonamides is 1. The quantitative estimate of drug-likeness (QED) is 0.893. The molecule has 0 aliphatic rings. The third-order valence-corrected chi connectivity index (χ3v) is 3.34. The molecule has 1 rings (SSSR count). The van der Waals surface area contributed by atoms with Crippen molar-refractivity contribution in [1.82, 2.24) is 4.90 Å². The summed E-state index contributed by atoms with van der Waals surface area (Å²) in [4.78, 5) is 2.52. The molecule has 0 saturated carbocycles. The maximum atomic E-state index is 10.6. The second kappa shape index (κ2) is 8.22. The van der Waals surface area contributed by atoms with Crippen LogP contribution in [0.3, 0.4) is 0 Å². The van der Waals surface area contributed by atoms with Gasteiger partial charge in [0.15, 0.2) is 0 Å². The molecule has 1 aromatic carbocycles. The van der Waals surface area contributed by atoms with Crippen molar-refractivity contribution in [2.24, 2.45) is 5.14 Å². The molecule has 0 unspecified atom stereocenters. The lowest BCUT2D eigenvalue weighted by Crippen LogP contribution is -2.21. The van der Waals surface area contributed by atoms with E-state index in [0.717, 1.165) is 0 Å². The molecule has 0 saturated heterocycles. The van der Waals surface area contributed by atoms with Gasteiger partial charge in [-0.2, -0.15) is 0 Å². The van der Waals surface area contributed by atoms with Gasteiger partial charge in [-0.15, -0.1) is 0 Å². The summed E-state index contributed by atoms with van der Waals surface area (Å²) in [6.45, 7) is 10.1. The van der Waals surface area contributed by atoms with Crippen LogP contribution in [0.2, 0.25) is 0 Å². The summed E-state index contributed by atoms with van der Waals surface area (Å²) in [6, 6.07) is 7.89. The van der Waals surface area contributed by atoms with Crippen LogP contribution in [-0.2, 0) is 10.0 Å². The average molecular weight is 258 g/mol. The smallest absolute Gasteiger partial charge is 0.238 e. The van der Waals surface area contributed by atoms with Crippen LogP contribution in [0.4, 0.5) is 0 Å². The summed E-state index contributed by atoms with van der Waals surface area (Å²) in [5, 5.41) is 4.83. The molecule has 0 fully saturated rings. The maximum Gasteiger partial charge on any atom is 0.238 e. The summed E-state index contributed by atoms with van der Waals surface area (Å²) in [5.74, 6) is 0. The van der Waals surface area contributed by atoms with Crippen LogP contribution in [0.5, 0.6) is 0 Å². The van der Waals surface area contributed by atoms with Gasteiger partial charge in [-0.25, -0.2) is 13.6 Å². The maximum absolute atomic E-state index is 10.6. The molecular formula is C12H22N2O2S. The second-order valence-corrected chi connectivity index (χ2v) is 5.04. The molecule has 0 aliphatic carbocycles. The second-order valence-electron chi connectivity index (χ2n) is 3.48. The minimum absolute atomic E-state index is 0.148. The Kier molecular flexibility index (Phi) is 7.78. The van der Waals surface area contributed by atoms with E-state index < -0.39 is 10.0 Å². The van der Waals surface area contributed by atoms with Gasteiger partial charge in [0.05, 0.1) is 4.90 Å². The zero-order valence-electron chi connectivity index (χ0n) is 10.8. The molecule has 5 heteroatoms. The number of nitrogens with two attached hydrogens (primary N) is 1. The van der Waals surface area contributed by atoms with E-state index in [9.17, 15) is 8.42 Å². The number of benzene rings is 1. The molecule has 0 aliphatic heterocycles. The minimum Gasteiger partial charge on any atom is -0.304 e. The molecular weight excluding hydrogens is 236 g/mol. The van der Waals surface area contributed by atoms with E-state index in [2.05, 4.69) is 25.7 Å². The van der Waals surface area contributed by atoms with Crippen LogP contribution in [0.15, 0.2) is 35.2 Å². The van der Waals surface area contributed by atoms with Gasteiger partial charge in [0, 0.05) is 0 Å². The highest BCUT2D eigenvalue weighted by molar-refractivity contribution is 7.89. The van der Waals surface area contributed by atoms with Gasteiger partial charge < -0.3 is 4.90 Å². The fourth-order valence-corrected chi connectivity index (χ4v) is 1.82. The largest absolute Gasteiger partial charge is 0.304 e. The van der Waals surface area contributed by atoms with Crippen LogP contribution in [0.25, 0.3) is 0 Å². The number of hydrogen-bond acceptors (Lipinski definition) is 3. The summed E-state index contributed by atoms with van der Waals surface area (Å²) >= 11 is 0. The third kappa shape index (κ3) is 7.10. The van der Waals surface area contributed by atoms with Crippen molar-refractivity contribution < 1.29 is 8.42 Å². The molecule has 2 N–H and O–H groups in total. The van der Waals surface area contributed by atoms with Crippen molar-refractivity contribution in [1.29, 1.82) is 0 Å². The molecule has 0 bridgehead atoms. The van der Waals surface area contributed by atoms with Crippen LogP contribution >= 0.6 is 0 Å². The number of rotatable bonds is 4. The van der Waals surface area contributed by atoms with E-state index in [1.54, 1.807) is 18.2 Å². The Balaban J connectivity index is 0.000000325. The van der Waals surface area contributed by atoms with Crippen molar-refractivity contribution in [3.05, 3.63) is 30.3 Å². The molecule has 0 radical (unpaired) electrons. The zero-order valence-corrected chi connectivity index (χ0v) is 11.6. The van der Waals surface area contributed by atoms with Crippen LogP contribution in [-0.4, -0.2) is 33.0 Å². The SMILES string of the molecule is CCN(CC)CC.NS(=O)(=O)c1ccccc1. The summed E-state index contributed by atoms with van der Waals surface area (Å²) in [5.41, 5.74) is 0. The van der Waals surface area contributed by atoms with Crippen molar-refractivity contribution in [2.45, 2.75) is 25.7 Å². The molecule has 98 valence electrons. The Morgan fingerprint density at radius 2 is 1.41 bits per heavy atom. The summed E-state index contributed by atoms with van der Waals surface area (Å²) in [6.07, 6.45) is 0. The number of hydrogen-bond donors (Lipinski definition) is 1. The molecule has 0 amide bonds. The van der Waals surface area contributed by atoms with Gasteiger partial charge in [0.2, 0.25) is 10.0 Å². The topological polar surface area (TPSA) is 63.4 Å². The van der Waals surface area contributed by atoms with Gasteiger partial charge in [0.25, 0.3) is 0 Å². The van der Waals surface area contributed by atoms with E-state index in [-0.39, 0.29) is 4.90 Å². The van der Waals surface area contributed by atoms with Crippen molar-refractivity contribution in [3.63, 3.8) is 0 Å². The zero-order chi connectivity index (χ0) is 13.3. The standard InChI is InChI=1S/C6H7NO2S.C6H15N/c7-10(8,9)6-4-2-1-3-5-6;1-4-7(5-2)6-3/h1-5H,(H2,7,8,9);4-6H2,1-3H3. The van der Waals surface area contributed by atoms with E-state index >= 15 is 0 Å². The summed E-state index contributed by atoms with van der Waals surface area (Å²) in [7, 11) is -3.50. The normalized spacial score (nSPS) is 10.9. The monoisotopic (exact) mass is 258 g/mol. The van der Waals surface area contributed by atoms with Crippen molar-refractivity contribution in [2.75, 3.05) is 19.6 Å². The molecule has 17 heavy (non-hydrogen) atoms. The molecule has 0 aromatic heterocycles. The van der Waals surface area contributed by atoms with E-state index in [1.807, 2.05) is 0 Å². The highest BCUT2D eigenvalue weighted by Gasteiger charge is 2.03. The van der Waals surface area contributed by atoms with Gasteiger partial charge in [-0.1, -0.05) is 39.0 Å². The van der Waals surface area contributed by atoms with Gasteiger partial charge >= 0.3 is 0 Å². The summed E-state index contributed by atoms with van der Waals surface area (Å²) < 4.78 is 21.2. The predicted octanol–water partition coefficient (Wildman–Crippen LogP) is 1.68. The Morgan fingerprint density at radius 1 is 1.00 bits per heavy atom. The van der Waals surface area contributed by atoms with Crippen molar-refractivity contribution >= 4 is 10.0 Å². The highest BCUT2D eigenvalue weighted by atomic mass is 32.2. The predicted molar refractivity (Wildman–Crippen MR) is 71.3 cm³/mol. The molecule has 4 nitrogen and oxygen atoms in total. The van der Waals surface area contributed by atoms with E-state index in [4.69, 9.17) is 5.14 Å². The van der Waals surface area contributed by atoms with Crippen LogP contribution < -0.4 is 5.14 Å². The first-order valence-corrected chi connectivity index (χ1v) is 7.30. The number of sulfonamides is 1. The van der Waals surface area contributed by atoms with Gasteiger partial charge in [-0.3, -0.25) is 0 Å². The van der Waals surface area contributed by atoms with E-state index in [1.165, 1.54) is 31.8 Å². The number of nitrogens with zero attached hydrogens (tertiary/aromatic N) is 1. The minimum atomic E-state index is -3.50. The van der Waals surface area contributed by atoms with Crippen molar-refractivity contribution in [3.8, 4) is 0 Å². The van der Waals surface area contributed by atoms with Gasteiger partial charge in [0.1, 0.15) is 0 Å². The van der Waals surface area contributed by atoms with E-state index in [0.29, 0.717) is 0 Å². The first-order valence-electron chi connectivity index (χ1n) is 5.75. The fourth-order valence-electron chi connectivity index (χ4n) is 1.28. The lowest BCUT2D eigenvalue weighted by atomic mass is 10.4. The first kappa shape index (κ1) is 16.1. The lowest BCUT2D eigenvalue weighted by Gasteiger charge is -2.13. The Hall–Kier alpha value is -0.910. The highest BCUT2D eigenvalue weighted by Crippen LogP contribution is 2.02. The molecule has 1 aromatic rings. The molecule has 0 atom stereocenters. The van der Waals surface area contributed by atoms with Crippen LogP contribution in [0, 0.1) is 0 Å². The lowest BCUT2D eigenvalue weighted by molar-refractivity contribution is 0.321. The molecule has 0 heterocycles. The fraction of sp³-hybridized carbons (Fsp3) is 0.500. The van der Waals surface area contributed by atoms with Crippen LogP contribution in [0.1, 0.15) is 20.8 Å². The van der Waals surface area contributed by atoms with Gasteiger partial charge in [-0.05, 0) is 31.8 Å². The molecule has 0 spiro atoms. The Morgan fingerprint density at radius 3 is 1.59 bits per heavy atom. The first-order chi connectivity index (χ1) is 7.95. The third-order valence-electron chi connectivity index (χ3n) is 2.41. The Bertz CT molecular complexity index is 381. The average Bonchev–Trinajstić information content (AvgIpc) is 2.32. The Labute approximate surface area is 104 Å².